The monoisotopic (exact) mass is 188 g/mol. The van der Waals surface area contributed by atoms with Crippen LogP contribution >= 0.6 is 11.8 Å². The van der Waals surface area contributed by atoms with Crippen LogP contribution < -0.4 is 10.6 Å². The predicted octanol–water partition coefficient (Wildman–Crippen LogP) is 0.218. The quantitative estimate of drug-likeness (QED) is 0.663. The molecular formula is C8H16N2OS. The highest BCUT2D eigenvalue weighted by Crippen LogP contribution is 2.00. The van der Waals surface area contributed by atoms with Crippen LogP contribution in [-0.4, -0.2) is 36.5 Å². The van der Waals surface area contributed by atoms with E-state index in [1.165, 1.54) is 0 Å². The van der Waals surface area contributed by atoms with Crippen LogP contribution in [0.5, 0.6) is 0 Å². The minimum absolute atomic E-state index is 0.176. The van der Waals surface area contributed by atoms with E-state index in [1.54, 1.807) is 11.8 Å². The zero-order valence-corrected chi connectivity index (χ0v) is 8.25. The lowest BCUT2D eigenvalue weighted by Crippen LogP contribution is -2.37. The van der Waals surface area contributed by atoms with Gasteiger partial charge in [-0.25, -0.2) is 0 Å². The van der Waals surface area contributed by atoms with Gasteiger partial charge in [0, 0.05) is 12.6 Å². The SMILES string of the molecule is CCSCC(=O)NC1CCNC1. The van der Waals surface area contributed by atoms with E-state index in [4.69, 9.17) is 0 Å². The van der Waals surface area contributed by atoms with Crippen LogP contribution in [0.4, 0.5) is 0 Å². The maximum atomic E-state index is 11.2. The molecule has 70 valence electrons. The molecule has 0 radical (unpaired) electrons. The molecule has 2 N–H and O–H groups in total. The fraction of sp³-hybridized carbons (Fsp3) is 0.875. The number of rotatable bonds is 4. The van der Waals surface area contributed by atoms with Gasteiger partial charge in [0.1, 0.15) is 0 Å². The van der Waals surface area contributed by atoms with Crippen molar-refractivity contribution >= 4 is 17.7 Å². The summed E-state index contributed by atoms with van der Waals surface area (Å²) < 4.78 is 0. The van der Waals surface area contributed by atoms with Gasteiger partial charge in [0.05, 0.1) is 5.75 Å². The molecule has 12 heavy (non-hydrogen) atoms. The maximum absolute atomic E-state index is 11.2. The molecule has 1 unspecified atom stereocenters. The molecule has 1 aliphatic heterocycles. The van der Waals surface area contributed by atoms with Gasteiger partial charge in [0.2, 0.25) is 5.91 Å². The minimum Gasteiger partial charge on any atom is -0.351 e. The molecule has 1 heterocycles. The Kier molecular flexibility index (Phi) is 4.46. The second kappa shape index (κ2) is 5.43. The van der Waals surface area contributed by atoms with Gasteiger partial charge in [-0.05, 0) is 18.7 Å². The summed E-state index contributed by atoms with van der Waals surface area (Å²) in [5, 5.41) is 6.20. The van der Waals surface area contributed by atoms with Crippen molar-refractivity contribution < 1.29 is 4.79 Å². The van der Waals surface area contributed by atoms with E-state index in [0.29, 0.717) is 11.8 Å². The van der Waals surface area contributed by atoms with Crippen LogP contribution in [0.25, 0.3) is 0 Å². The van der Waals surface area contributed by atoms with E-state index >= 15 is 0 Å². The van der Waals surface area contributed by atoms with Crippen LogP contribution in [-0.2, 0) is 4.79 Å². The Morgan fingerprint density at radius 3 is 3.17 bits per heavy atom. The third kappa shape index (κ3) is 3.45. The molecule has 1 fully saturated rings. The number of nitrogens with one attached hydrogen (secondary N) is 2. The van der Waals surface area contributed by atoms with Gasteiger partial charge in [-0.2, -0.15) is 11.8 Å². The van der Waals surface area contributed by atoms with Gasteiger partial charge < -0.3 is 10.6 Å². The summed E-state index contributed by atoms with van der Waals surface area (Å²) in [6.45, 7) is 4.03. The first-order valence-corrected chi connectivity index (χ1v) is 5.56. The standard InChI is InChI=1S/C8H16N2OS/c1-2-12-6-8(11)10-7-3-4-9-5-7/h7,9H,2-6H2,1H3,(H,10,11). The number of hydrogen-bond donors (Lipinski definition) is 2. The molecule has 1 atom stereocenters. The Morgan fingerprint density at radius 1 is 1.75 bits per heavy atom. The van der Waals surface area contributed by atoms with Crippen LogP contribution in [0.15, 0.2) is 0 Å². The van der Waals surface area contributed by atoms with Crippen molar-refractivity contribution in [2.75, 3.05) is 24.6 Å². The fourth-order valence-electron chi connectivity index (χ4n) is 1.24. The number of thioether (sulfide) groups is 1. The average molecular weight is 188 g/mol. The summed E-state index contributed by atoms with van der Waals surface area (Å²) in [5.41, 5.74) is 0. The van der Waals surface area contributed by atoms with Gasteiger partial charge in [-0.1, -0.05) is 6.92 Å². The van der Waals surface area contributed by atoms with E-state index in [1.807, 2.05) is 0 Å². The van der Waals surface area contributed by atoms with Crippen molar-refractivity contribution in [1.29, 1.82) is 0 Å². The molecule has 0 aromatic heterocycles. The lowest BCUT2D eigenvalue weighted by Gasteiger charge is -2.10. The zero-order chi connectivity index (χ0) is 8.81. The lowest BCUT2D eigenvalue weighted by atomic mass is 10.3. The smallest absolute Gasteiger partial charge is 0.230 e. The summed E-state index contributed by atoms with van der Waals surface area (Å²) in [5.74, 6) is 1.79. The third-order valence-corrected chi connectivity index (χ3v) is 2.74. The summed E-state index contributed by atoms with van der Waals surface area (Å²) >= 11 is 1.67. The number of carbonyl (C=O) groups is 1. The molecule has 1 saturated heterocycles. The minimum atomic E-state index is 0.176. The average Bonchev–Trinajstić information content (AvgIpc) is 2.53. The Hall–Kier alpha value is -0.220. The summed E-state index contributed by atoms with van der Waals surface area (Å²) in [4.78, 5) is 11.2. The topological polar surface area (TPSA) is 41.1 Å². The van der Waals surface area contributed by atoms with Crippen LogP contribution in [0, 0.1) is 0 Å². The van der Waals surface area contributed by atoms with E-state index in [0.717, 1.165) is 25.3 Å². The number of amides is 1. The molecule has 0 aliphatic carbocycles. The summed E-state index contributed by atoms with van der Waals surface area (Å²) in [6.07, 6.45) is 1.07. The Bertz CT molecular complexity index is 146. The predicted molar refractivity (Wildman–Crippen MR) is 52.4 cm³/mol. The van der Waals surface area contributed by atoms with Crippen molar-refractivity contribution in [1.82, 2.24) is 10.6 Å². The fourth-order valence-corrected chi connectivity index (χ4v) is 1.71. The lowest BCUT2D eigenvalue weighted by molar-refractivity contribution is -0.119. The van der Waals surface area contributed by atoms with Gasteiger partial charge in [0.15, 0.2) is 0 Å². The highest BCUT2D eigenvalue weighted by molar-refractivity contribution is 7.99. The van der Waals surface area contributed by atoms with Crippen molar-refractivity contribution in [3.05, 3.63) is 0 Å². The van der Waals surface area contributed by atoms with E-state index in [-0.39, 0.29) is 5.91 Å². The Balaban J connectivity index is 2.08. The molecule has 0 spiro atoms. The molecule has 0 aromatic rings. The Morgan fingerprint density at radius 2 is 2.58 bits per heavy atom. The second-order valence-electron chi connectivity index (χ2n) is 2.89. The molecule has 0 saturated carbocycles. The zero-order valence-electron chi connectivity index (χ0n) is 7.43. The van der Waals surface area contributed by atoms with Gasteiger partial charge in [0.25, 0.3) is 0 Å². The van der Waals surface area contributed by atoms with Crippen molar-refractivity contribution in [2.45, 2.75) is 19.4 Å². The van der Waals surface area contributed by atoms with Crippen molar-refractivity contribution in [3.63, 3.8) is 0 Å². The first-order valence-electron chi connectivity index (χ1n) is 4.40. The molecule has 3 nitrogen and oxygen atoms in total. The normalized spacial score (nSPS) is 22.6. The molecule has 0 aromatic carbocycles. The van der Waals surface area contributed by atoms with Crippen molar-refractivity contribution in [3.8, 4) is 0 Å². The van der Waals surface area contributed by atoms with Gasteiger partial charge in [-0.3, -0.25) is 4.79 Å². The molecule has 1 amide bonds. The second-order valence-corrected chi connectivity index (χ2v) is 4.17. The molecule has 0 bridgehead atoms. The number of hydrogen-bond acceptors (Lipinski definition) is 3. The van der Waals surface area contributed by atoms with Crippen LogP contribution in [0.2, 0.25) is 0 Å². The highest BCUT2D eigenvalue weighted by atomic mass is 32.2. The number of carbonyl (C=O) groups excluding carboxylic acids is 1. The summed E-state index contributed by atoms with van der Waals surface area (Å²) in [7, 11) is 0. The summed E-state index contributed by atoms with van der Waals surface area (Å²) in [6, 6.07) is 0.370. The Labute approximate surface area is 77.7 Å². The van der Waals surface area contributed by atoms with Crippen LogP contribution in [0.3, 0.4) is 0 Å². The maximum Gasteiger partial charge on any atom is 0.230 e. The van der Waals surface area contributed by atoms with E-state index < -0.39 is 0 Å². The van der Waals surface area contributed by atoms with Gasteiger partial charge in [-0.15, -0.1) is 0 Å². The van der Waals surface area contributed by atoms with E-state index in [2.05, 4.69) is 17.6 Å². The molecule has 4 heteroatoms. The van der Waals surface area contributed by atoms with Gasteiger partial charge >= 0.3 is 0 Å². The van der Waals surface area contributed by atoms with Crippen molar-refractivity contribution in [2.24, 2.45) is 0 Å². The van der Waals surface area contributed by atoms with Crippen LogP contribution in [0.1, 0.15) is 13.3 Å². The molecular weight excluding hydrogens is 172 g/mol. The first-order chi connectivity index (χ1) is 5.83. The molecule has 1 aliphatic rings. The molecule has 1 rings (SSSR count). The third-order valence-electron chi connectivity index (χ3n) is 1.86. The van der Waals surface area contributed by atoms with E-state index in [9.17, 15) is 4.79 Å². The largest absolute Gasteiger partial charge is 0.351 e. The highest BCUT2D eigenvalue weighted by Gasteiger charge is 2.15. The first kappa shape index (κ1) is 9.86.